The second-order valence-electron chi connectivity index (χ2n) is 4.87. The molecule has 6 heteroatoms. The molecule has 0 spiro atoms. The monoisotopic (exact) mass is 300 g/mol. The number of ether oxygens (including phenoxy) is 1. The van der Waals surface area contributed by atoms with Gasteiger partial charge in [-0.15, -0.1) is 0 Å². The van der Waals surface area contributed by atoms with E-state index in [0.29, 0.717) is 31.5 Å². The van der Waals surface area contributed by atoms with Gasteiger partial charge in [0.25, 0.3) is 0 Å². The molecule has 0 amide bonds. The maximum atomic E-state index is 12.1. The van der Waals surface area contributed by atoms with Crippen LogP contribution in [0.1, 0.15) is 26.3 Å². The van der Waals surface area contributed by atoms with Crippen LogP contribution in [0.5, 0.6) is 5.75 Å². The lowest BCUT2D eigenvalue weighted by molar-refractivity contribution is 0.337. The zero-order valence-electron chi connectivity index (χ0n) is 12.6. The van der Waals surface area contributed by atoms with Crippen molar-refractivity contribution in [2.75, 3.05) is 19.7 Å². The molecule has 1 rings (SSSR count). The van der Waals surface area contributed by atoms with E-state index in [9.17, 15) is 8.42 Å². The van der Waals surface area contributed by atoms with Crippen LogP contribution in [0, 0.1) is 6.92 Å². The Morgan fingerprint density at radius 2 is 1.95 bits per heavy atom. The maximum absolute atomic E-state index is 12.1. The van der Waals surface area contributed by atoms with Crippen molar-refractivity contribution >= 4 is 10.0 Å². The summed E-state index contributed by atoms with van der Waals surface area (Å²) in [6.45, 7) is 9.30. The number of hydrogen-bond donors (Lipinski definition) is 2. The summed E-state index contributed by atoms with van der Waals surface area (Å²) in [6, 6.07) is 5.23. The molecule has 0 unspecified atom stereocenters. The summed E-state index contributed by atoms with van der Waals surface area (Å²) >= 11 is 0. The van der Waals surface area contributed by atoms with Crippen molar-refractivity contribution < 1.29 is 13.2 Å². The topological polar surface area (TPSA) is 67.4 Å². The summed E-state index contributed by atoms with van der Waals surface area (Å²) in [5.74, 6) is 0.716. The molecule has 5 nitrogen and oxygen atoms in total. The lowest BCUT2D eigenvalue weighted by Gasteiger charge is -2.12. The highest BCUT2D eigenvalue weighted by molar-refractivity contribution is 7.89. The Balaban J connectivity index is 2.70. The Morgan fingerprint density at radius 3 is 2.50 bits per heavy atom. The van der Waals surface area contributed by atoms with Crippen molar-refractivity contribution in [2.45, 2.75) is 38.6 Å². The van der Waals surface area contributed by atoms with Crippen molar-refractivity contribution in [1.29, 1.82) is 0 Å². The third-order valence-corrected chi connectivity index (χ3v) is 4.18. The van der Waals surface area contributed by atoms with Crippen molar-refractivity contribution in [1.82, 2.24) is 10.0 Å². The fourth-order valence-corrected chi connectivity index (χ4v) is 2.85. The Labute approximate surface area is 121 Å². The van der Waals surface area contributed by atoms with Gasteiger partial charge in [-0.2, -0.15) is 0 Å². The minimum Gasteiger partial charge on any atom is -0.494 e. The summed E-state index contributed by atoms with van der Waals surface area (Å²) in [4.78, 5) is 0.267. The van der Waals surface area contributed by atoms with Gasteiger partial charge in [0.1, 0.15) is 5.75 Å². The molecule has 0 aliphatic carbocycles. The fourth-order valence-electron chi connectivity index (χ4n) is 1.74. The molecular formula is C14H24N2O3S. The van der Waals surface area contributed by atoms with E-state index in [-0.39, 0.29) is 4.90 Å². The number of aryl methyl sites for hydroxylation is 1. The van der Waals surface area contributed by atoms with Gasteiger partial charge in [0.2, 0.25) is 10.0 Å². The number of nitrogens with one attached hydrogen (secondary N) is 2. The van der Waals surface area contributed by atoms with Crippen molar-refractivity contribution in [3.63, 3.8) is 0 Å². The maximum Gasteiger partial charge on any atom is 0.240 e. The van der Waals surface area contributed by atoms with Gasteiger partial charge < -0.3 is 10.1 Å². The Bertz CT molecular complexity index is 527. The Kier molecular flexibility index (Phi) is 6.45. The first-order valence-corrected chi connectivity index (χ1v) is 8.31. The highest BCUT2D eigenvalue weighted by atomic mass is 32.2. The first-order chi connectivity index (χ1) is 9.36. The van der Waals surface area contributed by atoms with Gasteiger partial charge in [-0.25, -0.2) is 13.1 Å². The molecule has 0 radical (unpaired) electrons. The largest absolute Gasteiger partial charge is 0.494 e. The number of hydrogen-bond acceptors (Lipinski definition) is 4. The number of rotatable bonds is 8. The van der Waals surface area contributed by atoms with E-state index in [1.807, 2.05) is 27.7 Å². The zero-order chi connectivity index (χ0) is 15.2. The van der Waals surface area contributed by atoms with Crippen LogP contribution in [-0.4, -0.2) is 34.2 Å². The average Bonchev–Trinajstić information content (AvgIpc) is 2.37. The third kappa shape index (κ3) is 5.11. The first kappa shape index (κ1) is 16.9. The molecule has 1 aromatic rings. The highest BCUT2D eigenvalue weighted by Gasteiger charge is 2.14. The van der Waals surface area contributed by atoms with Gasteiger partial charge in [0.15, 0.2) is 0 Å². The summed E-state index contributed by atoms with van der Waals surface area (Å²) in [5, 5.41) is 3.16. The average molecular weight is 300 g/mol. The molecule has 0 heterocycles. The molecule has 20 heavy (non-hydrogen) atoms. The molecule has 0 aliphatic rings. The molecule has 0 bridgehead atoms. The van der Waals surface area contributed by atoms with Crippen LogP contribution < -0.4 is 14.8 Å². The van der Waals surface area contributed by atoms with Crippen molar-refractivity contribution in [3.05, 3.63) is 23.8 Å². The van der Waals surface area contributed by atoms with E-state index in [1.165, 1.54) is 0 Å². The molecule has 0 atom stereocenters. The summed E-state index contributed by atoms with van der Waals surface area (Å²) < 4.78 is 32.2. The minimum absolute atomic E-state index is 0.267. The smallest absolute Gasteiger partial charge is 0.240 e. The van der Waals surface area contributed by atoms with Crippen LogP contribution in [0.15, 0.2) is 23.1 Å². The zero-order valence-corrected chi connectivity index (χ0v) is 13.4. The third-order valence-electron chi connectivity index (χ3n) is 2.73. The molecule has 114 valence electrons. The number of benzene rings is 1. The first-order valence-electron chi connectivity index (χ1n) is 6.83. The van der Waals surface area contributed by atoms with Crippen LogP contribution >= 0.6 is 0 Å². The molecule has 0 fully saturated rings. The van der Waals surface area contributed by atoms with Crippen molar-refractivity contribution in [2.24, 2.45) is 0 Å². The predicted octanol–water partition coefficient (Wildman–Crippen LogP) is 1.67. The lowest BCUT2D eigenvalue weighted by Crippen LogP contribution is -2.34. The van der Waals surface area contributed by atoms with Crippen LogP contribution in [-0.2, 0) is 10.0 Å². The Morgan fingerprint density at radius 1 is 1.25 bits per heavy atom. The molecule has 0 saturated heterocycles. The molecule has 2 N–H and O–H groups in total. The van der Waals surface area contributed by atoms with Gasteiger partial charge in [0, 0.05) is 19.1 Å². The van der Waals surface area contributed by atoms with Gasteiger partial charge in [-0.05, 0) is 37.6 Å². The van der Waals surface area contributed by atoms with Gasteiger partial charge >= 0.3 is 0 Å². The molecule has 1 aromatic carbocycles. The van der Waals surface area contributed by atoms with E-state index < -0.39 is 10.0 Å². The second kappa shape index (κ2) is 7.61. The fraction of sp³-hybridized carbons (Fsp3) is 0.571. The van der Waals surface area contributed by atoms with E-state index in [2.05, 4.69) is 10.0 Å². The predicted molar refractivity (Wildman–Crippen MR) is 80.7 cm³/mol. The minimum atomic E-state index is -3.46. The van der Waals surface area contributed by atoms with E-state index >= 15 is 0 Å². The van der Waals surface area contributed by atoms with Gasteiger partial charge in [-0.1, -0.05) is 13.8 Å². The van der Waals surface area contributed by atoms with Gasteiger partial charge in [-0.3, -0.25) is 0 Å². The van der Waals surface area contributed by atoms with Crippen LogP contribution in [0.2, 0.25) is 0 Å². The molecule has 0 aromatic heterocycles. The second-order valence-corrected chi connectivity index (χ2v) is 6.63. The van der Waals surface area contributed by atoms with Crippen LogP contribution in [0.25, 0.3) is 0 Å². The lowest BCUT2D eigenvalue weighted by atomic mass is 10.2. The SMILES string of the molecule is CCOc1ccc(S(=O)(=O)NCCNC(C)C)cc1C. The number of sulfonamides is 1. The van der Waals surface area contributed by atoms with Crippen molar-refractivity contribution in [3.8, 4) is 5.75 Å². The summed E-state index contributed by atoms with van der Waals surface area (Å²) in [5.41, 5.74) is 0.815. The van der Waals surface area contributed by atoms with E-state index in [4.69, 9.17) is 4.74 Å². The normalized spacial score (nSPS) is 11.8. The van der Waals surface area contributed by atoms with Crippen LogP contribution in [0.4, 0.5) is 0 Å². The van der Waals surface area contributed by atoms with E-state index in [1.54, 1.807) is 18.2 Å². The van der Waals surface area contributed by atoms with Gasteiger partial charge in [0.05, 0.1) is 11.5 Å². The quantitative estimate of drug-likeness (QED) is 0.717. The summed E-state index contributed by atoms with van der Waals surface area (Å²) in [6.07, 6.45) is 0. The van der Waals surface area contributed by atoms with E-state index in [0.717, 1.165) is 5.56 Å². The molecular weight excluding hydrogens is 276 g/mol. The molecule has 0 saturated carbocycles. The highest BCUT2D eigenvalue weighted by Crippen LogP contribution is 2.21. The summed E-state index contributed by atoms with van der Waals surface area (Å²) in [7, 11) is -3.46. The standard InChI is InChI=1S/C14H24N2O3S/c1-5-19-14-7-6-13(10-12(14)4)20(17,18)16-9-8-15-11(2)3/h6-7,10-11,15-16H,5,8-9H2,1-4H3. The van der Waals surface area contributed by atoms with Crippen LogP contribution in [0.3, 0.4) is 0 Å². The molecule has 0 aliphatic heterocycles. The Hall–Kier alpha value is -1.11.